The average Bonchev–Trinajstić information content (AvgIpc) is 2.93. The second-order valence-corrected chi connectivity index (χ2v) is 6.78. The van der Waals surface area contributed by atoms with E-state index in [2.05, 4.69) is 52.2 Å². The lowest BCUT2D eigenvalue weighted by Crippen LogP contribution is -2.07. The highest BCUT2D eigenvalue weighted by molar-refractivity contribution is 9.10. The summed E-state index contributed by atoms with van der Waals surface area (Å²) in [6.07, 6.45) is 0. The Bertz CT molecular complexity index is 773. The van der Waals surface area contributed by atoms with E-state index in [0.29, 0.717) is 6.54 Å². The van der Waals surface area contributed by atoms with E-state index in [1.807, 2.05) is 11.6 Å². The van der Waals surface area contributed by atoms with Crippen LogP contribution in [0.3, 0.4) is 0 Å². The van der Waals surface area contributed by atoms with Gasteiger partial charge in [0.2, 0.25) is 0 Å². The van der Waals surface area contributed by atoms with E-state index in [0.717, 1.165) is 22.4 Å². The van der Waals surface area contributed by atoms with Gasteiger partial charge in [0.15, 0.2) is 0 Å². The topological polar surface area (TPSA) is 43.8 Å². The molecule has 0 saturated heterocycles. The summed E-state index contributed by atoms with van der Waals surface area (Å²) in [6.45, 7) is 5.45. The van der Waals surface area contributed by atoms with Crippen molar-refractivity contribution >= 4 is 37.4 Å². The molecule has 0 saturated carbocycles. The predicted molar refractivity (Wildman–Crippen MR) is 88.2 cm³/mol. The van der Waals surface area contributed by atoms with Gasteiger partial charge in [-0.3, -0.25) is 4.68 Å². The molecule has 2 heterocycles. The summed E-state index contributed by atoms with van der Waals surface area (Å²) < 4.78 is 4.43. The second-order valence-electron chi connectivity index (χ2n) is 4.85. The van der Waals surface area contributed by atoms with Gasteiger partial charge in [-0.1, -0.05) is 18.2 Å². The Morgan fingerprint density at radius 3 is 2.70 bits per heavy atom. The fourth-order valence-electron chi connectivity index (χ4n) is 2.47. The third kappa shape index (κ3) is 2.20. The number of fused-ring (bicyclic) bond motifs is 1. The normalized spacial score (nSPS) is 11.4. The maximum atomic E-state index is 5.91. The number of aryl methyl sites for hydroxylation is 1. The lowest BCUT2D eigenvalue weighted by molar-refractivity contribution is 0.659. The summed E-state index contributed by atoms with van der Waals surface area (Å²) >= 11 is 5.37. The van der Waals surface area contributed by atoms with Gasteiger partial charge in [-0.25, -0.2) is 0 Å². The monoisotopic (exact) mass is 349 g/mol. The summed E-state index contributed by atoms with van der Waals surface area (Å²) in [4.78, 5) is 1.25. The minimum Gasteiger partial charge on any atom is -0.326 e. The standard InChI is InChI=1S/C15H16BrN3S/c1-9-15(16)10(2)19(18-9)8-12-11-5-3-4-6-13(11)20-14(12)7-17/h3-6H,7-8,17H2,1-2H3. The molecule has 20 heavy (non-hydrogen) atoms. The quantitative estimate of drug-likeness (QED) is 0.776. The van der Waals surface area contributed by atoms with Crippen molar-refractivity contribution in [3.8, 4) is 0 Å². The van der Waals surface area contributed by atoms with Gasteiger partial charge in [-0.2, -0.15) is 5.10 Å². The van der Waals surface area contributed by atoms with E-state index in [1.54, 1.807) is 11.3 Å². The Morgan fingerprint density at radius 2 is 2.05 bits per heavy atom. The van der Waals surface area contributed by atoms with Crippen molar-refractivity contribution in [1.29, 1.82) is 0 Å². The number of thiophene rings is 1. The number of nitrogens with two attached hydrogens (primary N) is 1. The molecule has 0 radical (unpaired) electrons. The van der Waals surface area contributed by atoms with Crippen LogP contribution in [-0.2, 0) is 13.1 Å². The molecule has 0 atom stereocenters. The molecule has 0 aliphatic heterocycles. The first-order valence-corrected chi connectivity index (χ1v) is 8.11. The van der Waals surface area contributed by atoms with Crippen molar-refractivity contribution < 1.29 is 0 Å². The van der Waals surface area contributed by atoms with Crippen LogP contribution in [0.25, 0.3) is 10.1 Å². The SMILES string of the molecule is Cc1nn(Cc2c(CN)sc3ccccc23)c(C)c1Br. The molecule has 0 amide bonds. The summed E-state index contributed by atoms with van der Waals surface area (Å²) in [5, 5.41) is 5.89. The highest BCUT2D eigenvalue weighted by Crippen LogP contribution is 2.32. The molecule has 3 aromatic rings. The molecule has 0 aliphatic carbocycles. The zero-order valence-corrected chi connectivity index (χ0v) is 13.9. The maximum Gasteiger partial charge on any atom is 0.0738 e. The number of aromatic nitrogens is 2. The van der Waals surface area contributed by atoms with Gasteiger partial charge in [0.1, 0.15) is 0 Å². The third-order valence-corrected chi connectivity index (χ3v) is 5.95. The van der Waals surface area contributed by atoms with Crippen LogP contribution < -0.4 is 5.73 Å². The van der Waals surface area contributed by atoms with Crippen molar-refractivity contribution in [2.45, 2.75) is 26.9 Å². The molecule has 3 nitrogen and oxygen atoms in total. The molecule has 2 N–H and O–H groups in total. The van der Waals surface area contributed by atoms with Crippen molar-refractivity contribution in [2.24, 2.45) is 5.73 Å². The predicted octanol–water partition coefficient (Wildman–Crippen LogP) is 3.98. The summed E-state index contributed by atoms with van der Waals surface area (Å²) in [7, 11) is 0. The number of hydrogen-bond donors (Lipinski definition) is 1. The van der Waals surface area contributed by atoms with Gasteiger partial charge in [-0.15, -0.1) is 11.3 Å². The van der Waals surface area contributed by atoms with E-state index in [4.69, 9.17) is 5.73 Å². The summed E-state index contributed by atoms with van der Waals surface area (Å²) in [5.41, 5.74) is 9.39. The number of halogens is 1. The van der Waals surface area contributed by atoms with Crippen LogP contribution in [0.1, 0.15) is 21.8 Å². The van der Waals surface area contributed by atoms with Crippen LogP contribution in [0.2, 0.25) is 0 Å². The molecule has 2 aromatic heterocycles. The molecule has 5 heteroatoms. The van der Waals surface area contributed by atoms with E-state index in [1.165, 1.54) is 20.5 Å². The van der Waals surface area contributed by atoms with Crippen LogP contribution in [-0.4, -0.2) is 9.78 Å². The first kappa shape index (κ1) is 13.8. The Morgan fingerprint density at radius 1 is 1.30 bits per heavy atom. The highest BCUT2D eigenvalue weighted by Gasteiger charge is 2.14. The number of rotatable bonds is 3. The lowest BCUT2D eigenvalue weighted by Gasteiger charge is -2.06. The Labute approximate surface area is 130 Å². The molecule has 0 spiro atoms. The van der Waals surface area contributed by atoms with E-state index < -0.39 is 0 Å². The van der Waals surface area contributed by atoms with Crippen molar-refractivity contribution in [1.82, 2.24) is 9.78 Å². The average molecular weight is 350 g/mol. The molecule has 0 fully saturated rings. The molecule has 104 valence electrons. The van der Waals surface area contributed by atoms with Crippen molar-refractivity contribution in [3.63, 3.8) is 0 Å². The van der Waals surface area contributed by atoms with E-state index in [-0.39, 0.29) is 0 Å². The Kier molecular flexibility index (Phi) is 3.67. The van der Waals surface area contributed by atoms with Gasteiger partial charge in [0.05, 0.1) is 22.4 Å². The van der Waals surface area contributed by atoms with E-state index >= 15 is 0 Å². The third-order valence-electron chi connectivity index (χ3n) is 3.57. The van der Waals surface area contributed by atoms with Crippen LogP contribution >= 0.6 is 27.3 Å². The Balaban J connectivity index is 2.12. The Hall–Kier alpha value is -1.17. The van der Waals surface area contributed by atoms with Crippen LogP contribution in [0, 0.1) is 13.8 Å². The fourth-order valence-corrected chi connectivity index (χ4v) is 3.84. The van der Waals surface area contributed by atoms with Crippen molar-refractivity contribution in [2.75, 3.05) is 0 Å². The van der Waals surface area contributed by atoms with E-state index in [9.17, 15) is 0 Å². The zero-order valence-electron chi connectivity index (χ0n) is 11.5. The highest BCUT2D eigenvalue weighted by atomic mass is 79.9. The fraction of sp³-hybridized carbons (Fsp3) is 0.267. The molecular weight excluding hydrogens is 334 g/mol. The first-order valence-electron chi connectivity index (χ1n) is 6.50. The number of hydrogen-bond acceptors (Lipinski definition) is 3. The van der Waals surface area contributed by atoms with Gasteiger partial charge < -0.3 is 5.73 Å². The minimum absolute atomic E-state index is 0.579. The molecule has 0 unspecified atom stereocenters. The lowest BCUT2D eigenvalue weighted by atomic mass is 10.1. The minimum atomic E-state index is 0.579. The maximum absolute atomic E-state index is 5.91. The number of nitrogens with zero attached hydrogens (tertiary/aromatic N) is 2. The smallest absolute Gasteiger partial charge is 0.0738 e. The van der Waals surface area contributed by atoms with Gasteiger partial charge in [-0.05, 0) is 46.8 Å². The molecule has 0 aliphatic rings. The molecule has 3 rings (SSSR count). The zero-order chi connectivity index (χ0) is 14.3. The summed E-state index contributed by atoms with van der Waals surface area (Å²) in [6, 6.07) is 8.47. The van der Waals surface area contributed by atoms with Gasteiger partial charge in [0.25, 0.3) is 0 Å². The van der Waals surface area contributed by atoms with Gasteiger partial charge in [0, 0.05) is 16.1 Å². The van der Waals surface area contributed by atoms with Crippen molar-refractivity contribution in [3.05, 3.63) is 50.6 Å². The molecular formula is C15H16BrN3S. The summed E-state index contributed by atoms with van der Waals surface area (Å²) in [5.74, 6) is 0. The van der Waals surface area contributed by atoms with Crippen LogP contribution in [0.15, 0.2) is 28.7 Å². The molecule has 1 aromatic carbocycles. The largest absolute Gasteiger partial charge is 0.326 e. The molecule has 0 bridgehead atoms. The second kappa shape index (κ2) is 5.31. The number of benzene rings is 1. The van der Waals surface area contributed by atoms with Crippen LogP contribution in [0.4, 0.5) is 0 Å². The first-order chi connectivity index (χ1) is 9.61. The van der Waals surface area contributed by atoms with Gasteiger partial charge >= 0.3 is 0 Å². The van der Waals surface area contributed by atoms with Crippen LogP contribution in [0.5, 0.6) is 0 Å².